The molecule has 0 saturated carbocycles. The second-order valence-electron chi connectivity index (χ2n) is 13.0. The lowest BCUT2D eigenvalue weighted by Crippen LogP contribution is -2.17. The predicted octanol–water partition coefficient (Wildman–Crippen LogP) is 11.1. The number of benzene rings is 6. The first-order valence-corrected chi connectivity index (χ1v) is 16.1. The van der Waals surface area contributed by atoms with Gasteiger partial charge in [-0.15, -0.1) is 0 Å². The van der Waals surface area contributed by atoms with Crippen molar-refractivity contribution in [3.05, 3.63) is 151 Å². The second kappa shape index (κ2) is 9.51. The van der Waals surface area contributed by atoms with E-state index in [1.165, 1.54) is 27.5 Å². The number of nitrogens with zero attached hydrogens (tertiary/aromatic N) is 3. The minimum absolute atomic E-state index is 0.241. The third-order valence-electron chi connectivity index (χ3n) is 10.00. The first kappa shape index (κ1) is 26.2. The number of hydrogen-bond donors (Lipinski definition) is 0. The standard InChI is InChI=1S/C43H29N3O/c1-43(2)34-17-9-6-16-33(34)39-37(43)38(44-42(45-39)27-12-4-3-5-13-27)26-20-22-28(23-21-26)46-35-18-10-7-14-29(35)31-24-25-32-30-15-8-11-19-36(30)47-41(32)40(31)46/h3-25H,1-2H3. The van der Waals surface area contributed by atoms with Crippen LogP contribution in [0.3, 0.4) is 0 Å². The van der Waals surface area contributed by atoms with Crippen molar-refractivity contribution in [2.45, 2.75) is 19.3 Å². The monoisotopic (exact) mass is 603 g/mol. The Balaban J connectivity index is 1.21. The summed E-state index contributed by atoms with van der Waals surface area (Å²) in [6.45, 7) is 4.58. The predicted molar refractivity (Wildman–Crippen MR) is 192 cm³/mol. The Labute approximate surface area is 271 Å². The molecule has 0 atom stereocenters. The SMILES string of the molecule is CC1(C)c2ccccc2-c2nc(-c3ccccc3)nc(-c3ccc(-n4c5ccccc5c5ccc6c7ccccc7oc6c54)cc3)c21. The van der Waals surface area contributed by atoms with Crippen molar-refractivity contribution in [1.82, 2.24) is 14.5 Å². The van der Waals surface area contributed by atoms with E-state index < -0.39 is 0 Å². The van der Waals surface area contributed by atoms with Gasteiger partial charge in [0.05, 0.1) is 22.4 Å². The molecule has 0 spiro atoms. The Morgan fingerprint density at radius 3 is 2.09 bits per heavy atom. The molecule has 0 unspecified atom stereocenters. The van der Waals surface area contributed by atoms with Gasteiger partial charge in [0.1, 0.15) is 5.58 Å². The van der Waals surface area contributed by atoms with Gasteiger partial charge in [0, 0.05) is 54.9 Å². The molecule has 10 rings (SSSR count). The molecular formula is C43H29N3O. The van der Waals surface area contributed by atoms with E-state index in [-0.39, 0.29) is 5.41 Å². The molecule has 0 N–H and O–H groups in total. The molecule has 4 nitrogen and oxygen atoms in total. The highest BCUT2D eigenvalue weighted by Gasteiger charge is 2.40. The summed E-state index contributed by atoms with van der Waals surface area (Å²) < 4.78 is 8.92. The Morgan fingerprint density at radius 1 is 0.553 bits per heavy atom. The molecule has 0 amide bonds. The van der Waals surface area contributed by atoms with E-state index >= 15 is 0 Å². The van der Waals surface area contributed by atoms with Gasteiger partial charge in [-0.1, -0.05) is 123 Å². The average molecular weight is 604 g/mol. The van der Waals surface area contributed by atoms with Crippen LogP contribution in [-0.2, 0) is 5.41 Å². The van der Waals surface area contributed by atoms with Crippen LogP contribution in [0, 0.1) is 0 Å². The topological polar surface area (TPSA) is 43.9 Å². The van der Waals surface area contributed by atoms with Gasteiger partial charge in [0.25, 0.3) is 0 Å². The number of fused-ring (bicyclic) bond motifs is 10. The highest BCUT2D eigenvalue weighted by atomic mass is 16.3. The summed E-state index contributed by atoms with van der Waals surface area (Å²) in [6, 6.07) is 49.1. The van der Waals surface area contributed by atoms with Crippen molar-refractivity contribution in [2.24, 2.45) is 0 Å². The highest BCUT2D eigenvalue weighted by Crippen LogP contribution is 2.51. The fourth-order valence-corrected chi connectivity index (χ4v) is 7.81. The molecule has 1 aliphatic rings. The minimum Gasteiger partial charge on any atom is -0.454 e. The smallest absolute Gasteiger partial charge is 0.160 e. The summed E-state index contributed by atoms with van der Waals surface area (Å²) in [5.41, 5.74) is 12.6. The first-order chi connectivity index (χ1) is 23.1. The first-order valence-electron chi connectivity index (χ1n) is 16.1. The Kier molecular flexibility index (Phi) is 5.31. The van der Waals surface area contributed by atoms with Crippen molar-refractivity contribution >= 4 is 43.7 Å². The molecule has 1 aliphatic carbocycles. The summed E-state index contributed by atoms with van der Waals surface area (Å²) in [6.07, 6.45) is 0. The van der Waals surface area contributed by atoms with Crippen LogP contribution in [0.25, 0.3) is 83.3 Å². The lowest BCUT2D eigenvalue weighted by Gasteiger charge is -2.24. The second-order valence-corrected chi connectivity index (χ2v) is 13.0. The zero-order chi connectivity index (χ0) is 31.3. The quantitative estimate of drug-likeness (QED) is 0.202. The molecule has 0 bridgehead atoms. The summed E-state index contributed by atoms with van der Waals surface area (Å²) >= 11 is 0. The van der Waals surface area contributed by atoms with E-state index in [0.29, 0.717) is 0 Å². The molecule has 3 heterocycles. The van der Waals surface area contributed by atoms with Crippen molar-refractivity contribution in [3.8, 4) is 39.6 Å². The van der Waals surface area contributed by atoms with Gasteiger partial charge in [-0.05, 0) is 35.9 Å². The fourth-order valence-electron chi connectivity index (χ4n) is 7.81. The van der Waals surface area contributed by atoms with Crippen LogP contribution in [0.15, 0.2) is 144 Å². The molecule has 9 aromatic rings. The van der Waals surface area contributed by atoms with Crippen molar-refractivity contribution < 1.29 is 4.42 Å². The van der Waals surface area contributed by atoms with E-state index in [4.69, 9.17) is 14.4 Å². The molecule has 0 radical (unpaired) electrons. The normalized spacial score (nSPS) is 13.5. The minimum atomic E-state index is -0.241. The summed E-state index contributed by atoms with van der Waals surface area (Å²) in [5.74, 6) is 0.741. The lowest BCUT2D eigenvalue weighted by molar-refractivity contribution is 0.658. The van der Waals surface area contributed by atoms with Crippen LogP contribution >= 0.6 is 0 Å². The number of hydrogen-bond acceptors (Lipinski definition) is 3. The number of rotatable bonds is 3. The fraction of sp³-hybridized carbons (Fsp3) is 0.0698. The lowest BCUT2D eigenvalue weighted by atomic mass is 9.81. The van der Waals surface area contributed by atoms with Crippen LogP contribution in [0.1, 0.15) is 25.0 Å². The Bertz CT molecular complexity index is 2700. The van der Waals surface area contributed by atoms with Gasteiger partial charge in [-0.3, -0.25) is 0 Å². The van der Waals surface area contributed by atoms with Gasteiger partial charge in [-0.25, -0.2) is 9.97 Å². The van der Waals surface area contributed by atoms with Crippen LogP contribution in [-0.4, -0.2) is 14.5 Å². The third-order valence-corrected chi connectivity index (χ3v) is 10.00. The summed E-state index contributed by atoms with van der Waals surface area (Å²) in [5, 5.41) is 4.64. The average Bonchev–Trinajstić information content (AvgIpc) is 3.74. The molecule has 47 heavy (non-hydrogen) atoms. The van der Waals surface area contributed by atoms with Crippen LogP contribution in [0.4, 0.5) is 0 Å². The van der Waals surface area contributed by atoms with Crippen LogP contribution < -0.4 is 0 Å². The van der Waals surface area contributed by atoms with Gasteiger partial charge < -0.3 is 8.98 Å². The van der Waals surface area contributed by atoms with Gasteiger partial charge in [0.2, 0.25) is 0 Å². The number of furan rings is 1. The van der Waals surface area contributed by atoms with Gasteiger partial charge >= 0.3 is 0 Å². The van der Waals surface area contributed by atoms with Crippen molar-refractivity contribution in [2.75, 3.05) is 0 Å². The third kappa shape index (κ3) is 3.64. The van der Waals surface area contributed by atoms with E-state index in [9.17, 15) is 0 Å². The number of aromatic nitrogens is 3. The zero-order valence-electron chi connectivity index (χ0n) is 26.0. The maximum absolute atomic E-state index is 6.57. The molecular weight excluding hydrogens is 574 g/mol. The van der Waals surface area contributed by atoms with Crippen LogP contribution in [0.5, 0.6) is 0 Å². The maximum Gasteiger partial charge on any atom is 0.160 e. The van der Waals surface area contributed by atoms with Crippen molar-refractivity contribution in [1.29, 1.82) is 0 Å². The highest BCUT2D eigenvalue weighted by molar-refractivity contribution is 6.21. The molecule has 4 heteroatoms. The largest absolute Gasteiger partial charge is 0.454 e. The molecule has 222 valence electrons. The van der Waals surface area contributed by atoms with E-state index in [0.717, 1.165) is 67.0 Å². The molecule has 3 aromatic heterocycles. The van der Waals surface area contributed by atoms with E-state index in [1.807, 2.05) is 30.3 Å². The van der Waals surface area contributed by atoms with Gasteiger partial charge in [0.15, 0.2) is 11.4 Å². The molecule has 0 fully saturated rings. The Hall–Kier alpha value is -6.00. The van der Waals surface area contributed by atoms with Gasteiger partial charge in [-0.2, -0.15) is 0 Å². The summed E-state index contributed by atoms with van der Waals surface area (Å²) in [7, 11) is 0. The zero-order valence-corrected chi connectivity index (χ0v) is 26.0. The van der Waals surface area contributed by atoms with Crippen LogP contribution in [0.2, 0.25) is 0 Å². The number of para-hydroxylation sites is 2. The summed E-state index contributed by atoms with van der Waals surface area (Å²) in [4.78, 5) is 10.5. The maximum atomic E-state index is 6.57. The molecule has 0 aliphatic heterocycles. The molecule has 0 saturated heterocycles. The van der Waals surface area contributed by atoms with E-state index in [1.54, 1.807) is 0 Å². The van der Waals surface area contributed by atoms with Crippen molar-refractivity contribution in [3.63, 3.8) is 0 Å². The molecule has 6 aromatic carbocycles. The Morgan fingerprint density at radius 2 is 1.23 bits per heavy atom. The van der Waals surface area contributed by atoms with E-state index in [2.05, 4.69) is 128 Å².